The van der Waals surface area contributed by atoms with E-state index in [1.807, 2.05) is 92.8 Å². The standard InChI is InChI=1S/C24H34N4O2.C5H5.3CO.W/c29-23(21-11-3-1-4-12-21)27-19-9-17-25-15-7-8-16-26-18-10-20-28-24(30)22-13-5-2-6-14-22;1-2-4-5-3-1;3*1-2;/h1-6,11-14,25-26H,7-10,15-20H2,(H,27,29)(H,28,30);1-5H;;;;. The van der Waals surface area contributed by atoms with E-state index in [0.29, 0.717) is 24.2 Å². The van der Waals surface area contributed by atoms with Gasteiger partial charge in [0.2, 0.25) is 0 Å². The van der Waals surface area contributed by atoms with E-state index < -0.39 is 0 Å². The fourth-order valence-electron chi connectivity index (χ4n) is 3.28. The van der Waals surface area contributed by atoms with E-state index in [1.54, 1.807) is 0 Å². The van der Waals surface area contributed by atoms with E-state index >= 15 is 0 Å². The number of unbranched alkanes of at least 4 members (excludes halogenated alkanes) is 1. The minimum absolute atomic E-state index is 0. The van der Waals surface area contributed by atoms with Gasteiger partial charge in [-0.05, 0) is 108 Å². The van der Waals surface area contributed by atoms with Gasteiger partial charge < -0.3 is 21.3 Å². The first-order valence-corrected chi connectivity index (χ1v) is 13.1. The van der Waals surface area contributed by atoms with Crippen molar-refractivity contribution in [2.45, 2.75) is 25.7 Å². The average Bonchev–Trinajstić information content (AvgIpc) is 3.65. The second kappa shape index (κ2) is 36.2. The molecule has 1 fully saturated rings. The Labute approximate surface area is 265 Å². The number of hydrogen-bond donors (Lipinski definition) is 4. The normalized spacial score (nSPS) is 10.5. The molecule has 1 aliphatic carbocycles. The second-order valence-corrected chi connectivity index (χ2v) is 8.12. The van der Waals surface area contributed by atoms with Crippen molar-refractivity contribution in [1.29, 1.82) is 0 Å². The zero-order valence-electron chi connectivity index (χ0n) is 23.7. The van der Waals surface area contributed by atoms with Gasteiger partial charge >= 0.3 is 33.9 Å². The zero-order chi connectivity index (χ0) is 30.8. The molecule has 0 unspecified atom stereocenters. The Kier molecular flexibility index (Phi) is 37.7. The summed E-state index contributed by atoms with van der Waals surface area (Å²) in [4.78, 5) is 23.8. The molecule has 223 valence electrons. The van der Waals surface area contributed by atoms with Crippen molar-refractivity contribution < 1.29 is 44.6 Å². The molecular formula is C32H39N4O5W. The molecule has 5 radical (unpaired) electrons. The predicted octanol–water partition coefficient (Wildman–Crippen LogP) is 3.49. The first-order chi connectivity index (χ1) is 20.3. The fraction of sp³-hybridized carbons (Fsp3) is 0.312. The van der Waals surface area contributed by atoms with Crippen LogP contribution in [0.15, 0.2) is 60.7 Å². The van der Waals surface area contributed by atoms with Gasteiger partial charge in [0.05, 0.1) is 0 Å². The smallest absolute Gasteiger partial charge is 0 e. The maximum absolute atomic E-state index is 11.9. The number of amides is 2. The van der Waals surface area contributed by atoms with Gasteiger partial charge in [0, 0.05) is 45.3 Å². The van der Waals surface area contributed by atoms with E-state index in [9.17, 15) is 9.59 Å². The molecule has 1 saturated carbocycles. The molecule has 0 spiro atoms. The summed E-state index contributed by atoms with van der Waals surface area (Å²) < 4.78 is 22.5. The molecule has 4 N–H and O–H groups in total. The molecular weight excluding hydrogens is 704 g/mol. The molecule has 0 bridgehead atoms. The third-order valence-corrected chi connectivity index (χ3v) is 5.22. The van der Waals surface area contributed by atoms with Gasteiger partial charge in [0.25, 0.3) is 11.8 Å². The van der Waals surface area contributed by atoms with Crippen molar-refractivity contribution in [2.75, 3.05) is 39.3 Å². The number of carbonyl (C=O) groups excluding carboxylic acids is 2. The summed E-state index contributed by atoms with van der Waals surface area (Å²) in [7, 11) is 0. The maximum atomic E-state index is 11.9. The molecule has 3 rings (SSSR count). The van der Waals surface area contributed by atoms with Gasteiger partial charge in [-0.15, -0.1) is 0 Å². The van der Waals surface area contributed by atoms with Gasteiger partial charge in [-0.2, -0.15) is 0 Å². The van der Waals surface area contributed by atoms with Crippen LogP contribution in [-0.4, -0.2) is 51.1 Å². The molecule has 0 aliphatic heterocycles. The Balaban J connectivity index is -0.00000109. The van der Waals surface area contributed by atoms with Crippen LogP contribution in [0.5, 0.6) is 0 Å². The minimum atomic E-state index is -0.0127. The summed E-state index contributed by atoms with van der Waals surface area (Å²) in [6.45, 7) is 18.7. The molecule has 2 amide bonds. The van der Waals surface area contributed by atoms with Crippen molar-refractivity contribution in [3.63, 3.8) is 0 Å². The van der Waals surface area contributed by atoms with Crippen molar-refractivity contribution >= 4 is 11.8 Å². The largest absolute Gasteiger partial charge is 0.0312 e. The van der Waals surface area contributed by atoms with Gasteiger partial charge in [0.1, 0.15) is 0 Å². The van der Waals surface area contributed by atoms with Crippen molar-refractivity contribution in [1.82, 2.24) is 21.3 Å². The SMILES string of the molecule is O=C(NCCCNCCCCNCCCNC(=O)c1ccccc1)c1ccccc1.[C-]#[O+].[C-]#[O+].[C-]#[O+].[CH]1[CH][CH][CH][CH]1.[W]. The zero-order valence-corrected chi connectivity index (χ0v) is 26.6. The second-order valence-electron chi connectivity index (χ2n) is 8.12. The van der Waals surface area contributed by atoms with Gasteiger partial charge in [-0.25, -0.2) is 0 Å². The third-order valence-electron chi connectivity index (χ3n) is 5.22. The number of hydrogen-bond acceptors (Lipinski definition) is 4. The molecule has 0 aromatic heterocycles. The van der Waals surface area contributed by atoms with Crippen LogP contribution in [0, 0.1) is 52.1 Å². The maximum Gasteiger partial charge on any atom is 0 e. The molecule has 9 nitrogen and oxygen atoms in total. The van der Waals surface area contributed by atoms with Crippen molar-refractivity contribution in [3.8, 4) is 0 Å². The van der Waals surface area contributed by atoms with Crippen LogP contribution in [-0.2, 0) is 35.0 Å². The Morgan fingerprint density at radius 3 is 1.07 bits per heavy atom. The molecule has 42 heavy (non-hydrogen) atoms. The van der Waals surface area contributed by atoms with Crippen LogP contribution in [0.4, 0.5) is 0 Å². The van der Waals surface area contributed by atoms with Crippen LogP contribution in [0.25, 0.3) is 0 Å². The molecule has 2 aromatic carbocycles. The van der Waals surface area contributed by atoms with Gasteiger partial charge in [-0.3, -0.25) is 9.59 Å². The van der Waals surface area contributed by atoms with Gasteiger partial charge in [0.15, 0.2) is 0 Å². The van der Waals surface area contributed by atoms with Crippen LogP contribution < -0.4 is 21.3 Å². The molecule has 0 heterocycles. The monoisotopic (exact) mass is 743 g/mol. The van der Waals surface area contributed by atoms with Crippen LogP contribution in [0.2, 0.25) is 0 Å². The van der Waals surface area contributed by atoms with Crippen LogP contribution >= 0.6 is 0 Å². The fourth-order valence-corrected chi connectivity index (χ4v) is 3.28. The van der Waals surface area contributed by atoms with Crippen molar-refractivity contribution in [2.24, 2.45) is 0 Å². The van der Waals surface area contributed by atoms with Crippen LogP contribution in [0.3, 0.4) is 0 Å². The summed E-state index contributed by atoms with van der Waals surface area (Å²) in [5.74, 6) is -0.0254. The van der Waals surface area contributed by atoms with Crippen molar-refractivity contribution in [3.05, 3.63) is 124 Å². The first kappa shape index (κ1) is 43.7. The Bertz CT molecular complexity index is 851. The summed E-state index contributed by atoms with van der Waals surface area (Å²) in [6.07, 6.45) is 14.1. The van der Waals surface area contributed by atoms with Gasteiger partial charge in [-0.1, -0.05) is 36.4 Å². The van der Waals surface area contributed by atoms with E-state index in [-0.39, 0.29) is 32.9 Å². The number of rotatable bonds is 15. The van der Waals surface area contributed by atoms with E-state index in [1.165, 1.54) is 0 Å². The summed E-state index contributed by atoms with van der Waals surface area (Å²) in [5.41, 5.74) is 1.41. The third kappa shape index (κ3) is 26.1. The molecule has 1 aliphatic rings. The number of nitrogens with one attached hydrogen (secondary N) is 4. The Morgan fingerprint density at radius 2 is 0.762 bits per heavy atom. The Morgan fingerprint density at radius 1 is 0.476 bits per heavy atom. The quantitative estimate of drug-likeness (QED) is 0.126. The first-order valence-electron chi connectivity index (χ1n) is 13.1. The minimum Gasteiger partial charge on any atom is -0.0312 e. The van der Waals surface area contributed by atoms with E-state index in [4.69, 9.17) is 14.0 Å². The predicted molar refractivity (Wildman–Crippen MR) is 155 cm³/mol. The van der Waals surface area contributed by atoms with E-state index in [0.717, 1.165) is 51.9 Å². The topological polar surface area (TPSA) is 142 Å². The average molecular weight is 744 g/mol. The number of carbonyl (C=O) groups is 2. The number of benzene rings is 2. The van der Waals surface area contributed by atoms with Crippen LogP contribution in [0.1, 0.15) is 46.4 Å². The molecule has 10 heteroatoms. The summed E-state index contributed by atoms with van der Waals surface area (Å²) >= 11 is 0. The molecule has 0 atom stereocenters. The summed E-state index contributed by atoms with van der Waals surface area (Å²) in [5, 5.41) is 12.7. The van der Waals surface area contributed by atoms with E-state index in [2.05, 4.69) is 41.2 Å². The molecule has 0 saturated heterocycles. The summed E-state index contributed by atoms with van der Waals surface area (Å²) in [6, 6.07) is 18.6. The molecule has 2 aromatic rings. The Hall–Kier alpha value is -2.79.